The number of benzene rings is 1. The van der Waals surface area contributed by atoms with E-state index in [0.29, 0.717) is 12.8 Å². The number of hydrogen-bond donors (Lipinski definition) is 2. The molecule has 0 radical (unpaired) electrons. The standard InChI is InChI=1S/C33H51N3O4Si/c1-22(2)29(30(37)35-8)39-31(38)33(19-16-26(17-20-33)40-41(9,10)32(4,5)6)18-15-24-11-12-25-13-14-27(23(3)34-7)36-28(25)21-24/h11-15,18,21-23,26,29,34H,16-17,19-20H2,1-10H3,(H,35,37). The van der Waals surface area contributed by atoms with Crippen LogP contribution in [-0.2, 0) is 18.8 Å². The van der Waals surface area contributed by atoms with Gasteiger partial charge in [0.1, 0.15) is 0 Å². The number of esters is 1. The van der Waals surface area contributed by atoms with E-state index in [-0.39, 0.29) is 35.0 Å². The van der Waals surface area contributed by atoms with Crippen molar-refractivity contribution in [1.82, 2.24) is 15.6 Å². The van der Waals surface area contributed by atoms with Crippen molar-refractivity contribution in [1.29, 1.82) is 0 Å². The van der Waals surface area contributed by atoms with Gasteiger partial charge in [-0.3, -0.25) is 14.6 Å². The average Bonchev–Trinajstić information content (AvgIpc) is 2.93. The molecule has 7 nitrogen and oxygen atoms in total. The van der Waals surface area contributed by atoms with Crippen LogP contribution in [0.5, 0.6) is 0 Å². The molecule has 2 N–H and O–H groups in total. The number of nitrogens with one attached hydrogen (secondary N) is 2. The smallest absolute Gasteiger partial charge is 0.316 e. The highest BCUT2D eigenvalue weighted by Crippen LogP contribution is 2.44. The Hall–Kier alpha value is -2.55. The summed E-state index contributed by atoms with van der Waals surface area (Å²) >= 11 is 0. The predicted octanol–water partition coefficient (Wildman–Crippen LogP) is 6.79. The number of pyridine rings is 1. The normalized spacial score (nSPS) is 21.7. The van der Waals surface area contributed by atoms with Gasteiger partial charge < -0.3 is 19.8 Å². The Balaban J connectivity index is 1.92. The van der Waals surface area contributed by atoms with Gasteiger partial charge in [-0.05, 0) is 81.4 Å². The number of carbonyl (C=O) groups is 2. The van der Waals surface area contributed by atoms with Crippen LogP contribution in [0, 0.1) is 11.3 Å². The van der Waals surface area contributed by atoms with Crippen LogP contribution in [0.1, 0.15) is 84.5 Å². The molecule has 1 amide bonds. The second-order valence-corrected chi connectivity index (χ2v) is 18.2. The zero-order valence-electron chi connectivity index (χ0n) is 26.8. The summed E-state index contributed by atoms with van der Waals surface area (Å²) in [4.78, 5) is 31.3. The van der Waals surface area contributed by atoms with Crippen LogP contribution in [-0.4, -0.2) is 51.5 Å². The minimum absolute atomic E-state index is 0.113. The van der Waals surface area contributed by atoms with E-state index in [2.05, 4.69) is 69.6 Å². The van der Waals surface area contributed by atoms with Gasteiger partial charge >= 0.3 is 5.97 Å². The lowest BCUT2D eigenvalue weighted by Gasteiger charge is -2.43. The summed E-state index contributed by atoms with van der Waals surface area (Å²) in [5, 5.41) is 7.07. The van der Waals surface area contributed by atoms with Crippen molar-refractivity contribution in [2.24, 2.45) is 11.3 Å². The second kappa shape index (κ2) is 13.2. The zero-order chi connectivity index (χ0) is 30.6. The first-order chi connectivity index (χ1) is 19.1. The molecular formula is C33H51N3O4Si. The van der Waals surface area contributed by atoms with E-state index >= 15 is 0 Å². The number of ether oxygens (including phenoxy) is 1. The van der Waals surface area contributed by atoms with E-state index in [4.69, 9.17) is 14.1 Å². The monoisotopic (exact) mass is 581 g/mol. The number of fused-ring (bicyclic) bond motifs is 1. The first kappa shape index (κ1) is 33.0. The predicted molar refractivity (Wildman–Crippen MR) is 170 cm³/mol. The maximum absolute atomic E-state index is 13.9. The Labute approximate surface area is 248 Å². The molecule has 1 heterocycles. The van der Waals surface area contributed by atoms with Gasteiger partial charge in [0.05, 0.1) is 16.6 Å². The molecule has 2 unspecified atom stereocenters. The molecular weight excluding hydrogens is 530 g/mol. The summed E-state index contributed by atoms with van der Waals surface area (Å²) in [6.07, 6.45) is 6.03. The summed E-state index contributed by atoms with van der Waals surface area (Å²) < 4.78 is 12.7. The minimum atomic E-state index is -1.94. The van der Waals surface area contributed by atoms with E-state index in [1.807, 2.05) is 45.2 Å². The van der Waals surface area contributed by atoms with Gasteiger partial charge in [-0.2, -0.15) is 0 Å². The van der Waals surface area contributed by atoms with Crippen LogP contribution in [0.4, 0.5) is 0 Å². The molecule has 1 aliphatic rings. The first-order valence-electron chi connectivity index (χ1n) is 15.0. The van der Waals surface area contributed by atoms with Gasteiger partial charge in [-0.1, -0.05) is 65.0 Å². The Morgan fingerprint density at radius 3 is 2.27 bits per heavy atom. The highest BCUT2D eigenvalue weighted by Gasteiger charge is 2.46. The molecule has 0 aliphatic heterocycles. The van der Waals surface area contributed by atoms with Gasteiger partial charge in [0.25, 0.3) is 5.91 Å². The van der Waals surface area contributed by atoms with Crippen LogP contribution in [0.15, 0.2) is 36.4 Å². The Morgan fingerprint density at radius 2 is 1.71 bits per heavy atom. The van der Waals surface area contributed by atoms with Gasteiger partial charge in [0, 0.05) is 24.6 Å². The lowest BCUT2D eigenvalue weighted by Crippen LogP contribution is -2.47. The minimum Gasteiger partial charge on any atom is -0.451 e. The number of hydrogen-bond acceptors (Lipinski definition) is 6. The molecule has 3 rings (SSSR count). The number of rotatable bonds is 10. The largest absolute Gasteiger partial charge is 0.451 e. The maximum Gasteiger partial charge on any atom is 0.316 e. The zero-order valence-corrected chi connectivity index (χ0v) is 27.8. The van der Waals surface area contributed by atoms with E-state index < -0.39 is 19.8 Å². The lowest BCUT2D eigenvalue weighted by atomic mass is 9.72. The van der Waals surface area contributed by atoms with Crippen molar-refractivity contribution in [3.05, 3.63) is 47.7 Å². The third-order valence-corrected chi connectivity index (χ3v) is 13.6. The van der Waals surface area contributed by atoms with E-state index in [1.165, 1.54) is 0 Å². The summed E-state index contributed by atoms with van der Waals surface area (Å²) in [7, 11) is 1.56. The first-order valence-corrected chi connectivity index (χ1v) is 17.9. The summed E-state index contributed by atoms with van der Waals surface area (Å²) in [6, 6.07) is 10.5. The summed E-state index contributed by atoms with van der Waals surface area (Å²) in [5.74, 6) is -0.764. The molecule has 0 saturated heterocycles. The summed E-state index contributed by atoms with van der Waals surface area (Å²) in [6.45, 7) is 17.2. The second-order valence-electron chi connectivity index (χ2n) is 13.4. The van der Waals surface area contributed by atoms with Crippen molar-refractivity contribution in [2.75, 3.05) is 14.1 Å². The molecule has 1 fully saturated rings. The van der Waals surface area contributed by atoms with Gasteiger partial charge in [-0.15, -0.1) is 0 Å². The number of likely N-dealkylation sites (N-methyl/N-ethyl adjacent to an activating group) is 1. The fourth-order valence-corrected chi connectivity index (χ4v) is 6.44. The fourth-order valence-electron chi connectivity index (χ4n) is 5.02. The van der Waals surface area contributed by atoms with Crippen LogP contribution in [0.3, 0.4) is 0 Å². The maximum atomic E-state index is 13.9. The number of amides is 1. The van der Waals surface area contributed by atoms with Crippen LogP contribution >= 0.6 is 0 Å². The molecule has 2 atom stereocenters. The number of aromatic nitrogens is 1. The highest BCUT2D eigenvalue weighted by molar-refractivity contribution is 6.74. The molecule has 2 aromatic rings. The van der Waals surface area contributed by atoms with Gasteiger partial charge in [-0.25, -0.2) is 0 Å². The van der Waals surface area contributed by atoms with Crippen molar-refractivity contribution < 1.29 is 18.8 Å². The molecule has 226 valence electrons. The Morgan fingerprint density at radius 1 is 1.07 bits per heavy atom. The van der Waals surface area contributed by atoms with Crippen molar-refractivity contribution in [3.8, 4) is 0 Å². The van der Waals surface area contributed by atoms with Gasteiger partial charge in [0.15, 0.2) is 14.4 Å². The van der Waals surface area contributed by atoms with E-state index in [1.54, 1.807) is 7.05 Å². The fraction of sp³-hybridized carbons (Fsp3) is 0.606. The topological polar surface area (TPSA) is 89.5 Å². The van der Waals surface area contributed by atoms with Crippen molar-refractivity contribution in [3.63, 3.8) is 0 Å². The Kier molecular flexibility index (Phi) is 10.6. The average molecular weight is 582 g/mol. The molecule has 41 heavy (non-hydrogen) atoms. The van der Waals surface area contributed by atoms with Gasteiger partial charge in [0.2, 0.25) is 0 Å². The number of nitrogens with zero attached hydrogens (tertiary/aromatic N) is 1. The van der Waals surface area contributed by atoms with Crippen molar-refractivity contribution >= 4 is 37.2 Å². The molecule has 1 aromatic carbocycles. The summed E-state index contributed by atoms with van der Waals surface area (Å²) in [5.41, 5.74) is 2.03. The van der Waals surface area contributed by atoms with E-state index in [0.717, 1.165) is 35.0 Å². The van der Waals surface area contributed by atoms with E-state index in [9.17, 15) is 9.59 Å². The SMILES string of the molecule is CNC(=O)C(OC(=O)C1(C=Cc2ccc3ccc(C(C)NC)nc3c2)CCC(O[Si](C)(C)C(C)(C)C)CC1)C(C)C. The van der Waals surface area contributed by atoms with Crippen LogP contribution in [0.25, 0.3) is 17.0 Å². The van der Waals surface area contributed by atoms with Crippen molar-refractivity contribution in [2.45, 2.75) is 104 Å². The lowest BCUT2D eigenvalue weighted by molar-refractivity contribution is -0.168. The quantitative estimate of drug-likeness (QED) is 0.237. The molecule has 1 aromatic heterocycles. The molecule has 0 spiro atoms. The Bertz CT molecular complexity index is 1240. The third-order valence-electron chi connectivity index (χ3n) is 9.05. The van der Waals surface area contributed by atoms with Crippen LogP contribution in [0.2, 0.25) is 18.1 Å². The molecule has 1 aliphatic carbocycles. The molecule has 1 saturated carbocycles. The molecule has 0 bridgehead atoms. The molecule has 8 heteroatoms. The third kappa shape index (κ3) is 7.84. The highest BCUT2D eigenvalue weighted by atomic mass is 28.4. The number of carbonyl (C=O) groups excluding carboxylic acids is 2. The van der Waals surface area contributed by atoms with Crippen LogP contribution < -0.4 is 10.6 Å².